The van der Waals surface area contributed by atoms with Gasteiger partial charge in [0.05, 0.1) is 37.2 Å². The highest BCUT2D eigenvalue weighted by Crippen LogP contribution is 2.13. The lowest BCUT2D eigenvalue weighted by Gasteiger charge is -2.31. The standard InChI is InChI=1S/C13H25N5O/c1-3-5-12(14)13-10-18(16-15-13)9-11-8-17(4-2)6-7-19-11/h10-12H,3-9,14H2,1-2H3. The molecule has 1 aromatic rings. The Morgan fingerprint density at radius 2 is 2.37 bits per heavy atom. The van der Waals surface area contributed by atoms with Gasteiger partial charge in [-0.15, -0.1) is 5.10 Å². The molecule has 6 heteroatoms. The normalized spacial score (nSPS) is 22.6. The van der Waals surface area contributed by atoms with Gasteiger partial charge in [0.15, 0.2) is 0 Å². The fourth-order valence-electron chi connectivity index (χ4n) is 2.42. The van der Waals surface area contributed by atoms with E-state index in [1.54, 1.807) is 0 Å². The monoisotopic (exact) mass is 267 g/mol. The van der Waals surface area contributed by atoms with Gasteiger partial charge in [0.25, 0.3) is 0 Å². The predicted octanol–water partition coefficient (Wildman–Crippen LogP) is 0.799. The van der Waals surface area contributed by atoms with Crippen molar-refractivity contribution in [1.82, 2.24) is 19.9 Å². The minimum atomic E-state index is -0.00170. The van der Waals surface area contributed by atoms with Gasteiger partial charge in [-0.3, -0.25) is 4.90 Å². The zero-order valence-corrected chi connectivity index (χ0v) is 12.0. The first-order valence-corrected chi connectivity index (χ1v) is 7.22. The Kier molecular flexibility index (Phi) is 5.30. The van der Waals surface area contributed by atoms with Gasteiger partial charge in [0.2, 0.25) is 0 Å². The Bertz CT molecular complexity index is 381. The number of ether oxygens (including phenoxy) is 1. The molecule has 2 atom stereocenters. The van der Waals surface area contributed by atoms with Crippen molar-refractivity contribution in [3.63, 3.8) is 0 Å². The lowest BCUT2D eigenvalue weighted by atomic mass is 10.1. The molecule has 1 saturated heterocycles. The SMILES string of the molecule is CCCC(N)c1cn(CC2CN(CC)CCO2)nn1. The number of morpholine rings is 1. The fraction of sp³-hybridized carbons (Fsp3) is 0.846. The Hall–Kier alpha value is -0.980. The third-order valence-electron chi connectivity index (χ3n) is 3.60. The summed E-state index contributed by atoms with van der Waals surface area (Å²) in [7, 11) is 0. The van der Waals surface area contributed by atoms with Crippen molar-refractivity contribution in [2.45, 2.75) is 45.4 Å². The molecule has 108 valence electrons. The smallest absolute Gasteiger partial charge is 0.0994 e. The molecule has 1 aliphatic rings. The summed E-state index contributed by atoms with van der Waals surface area (Å²) in [5, 5.41) is 8.31. The van der Waals surface area contributed by atoms with Crippen LogP contribution >= 0.6 is 0 Å². The average Bonchev–Trinajstić information content (AvgIpc) is 2.88. The van der Waals surface area contributed by atoms with Gasteiger partial charge in [-0.1, -0.05) is 25.5 Å². The molecule has 0 aliphatic carbocycles. The van der Waals surface area contributed by atoms with Crippen LogP contribution in [0.1, 0.15) is 38.4 Å². The maximum absolute atomic E-state index is 6.04. The molecule has 1 aromatic heterocycles. The molecule has 2 rings (SSSR count). The van der Waals surface area contributed by atoms with Crippen molar-refractivity contribution >= 4 is 0 Å². The zero-order valence-electron chi connectivity index (χ0n) is 12.0. The first kappa shape index (κ1) is 14.4. The van der Waals surface area contributed by atoms with Gasteiger partial charge < -0.3 is 10.5 Å². The number of likely N-dealkylation sites (N-methyl/N-ethyl adjacent to an activating group) is 1. The van der Waals surface area contributed by atoms with Crippen LogP contribution in [0, 0.1) is 0 Å². The molecule has 0 aromatic carbocycles. The van der Waals surface area contributed by atoms with Gasteiger partial charge in [-0.2, -0.15) is 0 Å². The number of rotatable bonds is 6. The second-order valence-corrected chi connectivity index (χ2v) is 5.15. The highest BCUT2D eigenvalue weighted by atomic mass is 16.5. The molecule has 2 N–H and O–H groups in total. The van der Waals surface area contributed by atoms with Crippen LogP contribution in [-0.2, 0) is 11.3 Å². The van der Waals surface area contributed by atoms with E-state index in [1.165, 1.54) is 0 Å². The molecule has 19 heavy (non-hydrogen) atoms. The second-order valence-electron chi connectivity index (χ2n) is 5.15. The first-order chi connectivity index (χ1) is 9.22. The van der Waals surface area contributed by atoms with E-state index < -0.39 is 0 Å². The van der Waals surface area contributed by atoms with E-state index in [9.17, 15) is 0 Å². The summed E-state index contributed by atoms with van der Waals surface area (Å²) in [6, 6.07) is -0.00170. The van der Waals surface area contributed by atoms with Gasteiger partial charge in [-0.25, -0.2) is 4.68 Å². The summed E-state index contributed by atoms with van der Waals surface area (Å²) < 4.78 is 7.63. The largest absolute Gasteiger partial charge is 0.374 e. The molecule has 6 nitrogen and oxygen atoms in total. The number of aromatic nitrogens is 3. The van der Waals surface area contributed by atoms with E-state index in [2.05, 4.69) is 29.1 Å². The summed E-state index contributed by atoms with van der Waals surface area (Å²) in [4.78, 5) is 2.40. The minimum absolute atomic E-state index is 0.00170. The predicted molar refractivity (Wildman–Crippen MR) is 73.7 cm³/mol. The number of nitrogens with two attached hydrogens (primary N) is 1. The average molecular weight is 267 g/mol. The van der Waals surface area contributed by atoms with Crippen molar-refractivity contribution in [2.24, 2.45) is 5.73 Å². The summed E-state index contributed by atoms with van der Waals surface area (Å²) in [6.45, 7) is 8.92. The molecule has 1 aliphatic heterocycles. The minimum Gasteiger partial charge on any atom is -0.374 e. The number of nitrogens with zero attached hydrogens (tertiary/aromatic N) is 4. The van der Waals surface area contributed by atoms with Crippen LogP contribution in [0.3, 0.4) is 0 Å². The van der Waals surface area contributed by atoms with Crippen LogP contribution in [0.25, 0.3) is 0 Å². The molecular weight excluding hydrogens is 242 g/mol. The van der Waals surface area contributed by atoms with Crippen LogP contribution < -0.4 is 5.73 Å². The van der Waals surface area contributed by atoms with Crippen molar-refractivity contribution < 1.29 is 4.74 Å². The highest BCUT2D eigenvalue weighted by molar-refractivity contribution is 4.99. The number of hydrogen-bond acceptors (Lipinski definition) is 5. The lowest BCUT2D eigenvalue weighted by molar-refractivity contribution is -0.0360. The zero-order chi connectivity index (χ0) is 13.7. The van der Waals surface area contributed by atoms with E-state index in [1.807, 2.05) is 10.9 Å². The van der Waals surface area contributed by atoms with Crippen molar-refractivity contribution in [3.8, 4) is 0 Å². The van der Waals surface area contributed by atoms with Crippen LogP contribution in [-0.4, -0.2) is 52.2 Å². The van der Waals surface area contributed by atoms with E-state index in [-0.39, 0.29) is 12.1 Å². The maximum Gasteiger partial charge on any atom is 0.0994 e. The van der Waals surface area contributed by atoms with E-state index in [0.717, 1.165) is 51.3 Å². The topological polar surface area (TPSA) is 69.2 Å². The van der Waals surface area contributed by atoms with Crippen molar-refractivity contribution in [1.29, 1.82) is 0 Å². The molecule has 0 amide bonds. The van der Waals surface area contributed by atoms with Crippen LogP contribution in [0.4, 0.5) is 0 Å². The van der Waals surface area contributed by atoms with E-state index in [0.29, 0.717) is 0 Å². The van der Waals surface area contributed by atoms with Gasteiger partial charge >= 0.3 is 0 Å². The molecule has 0 radical (unpaired) electrons. The quantitative estimate of drug-likeness (QED) is 0.825. The third-order valence-corrected chi connectivity index (χ3v) is 3.60. The van der Waals surface area contributed by atoms with Crippen LogP contribution in [0.15, 0.2) is 6.20 Å². The summed E-state index contributed by atoms with van der Waals surface area (Å²) in [5.74, 6) is 0. The van der Waals surface area contributed by atoms with Crippen molar-refractivity contribution in [3.05, 3.63) is 11.9 Å². The highest BCUT2D eigenvalue weighted by Gasteiger charge is 2.20. The molecule has 2 heterocycles. The summed E-state index contributed by atoms with van der Waals surface area (Å²) in [5.41, 5.74) is 6.92. The third kappa shape index (κ3) is 3.99. The van der Waals surface area contributed by atoms with Gasteiger partial charge in [0, 0.05) is 13.1 Å². The molecule has 1 fully saturated rings. The Morgan fingerprint density at radius 1 is 1.53 bits per heavy atom. The molecule has 0 saturated carbocycles. The van der Waals surface area contributed by atoms with E-state index >= 15 is 0 Å². The molecule has 2 unspecified atom stereocenters. The molecule has 0 spiro atoms. The number of hydrogen-bond donors (Lipinski definition) is 1. The lowest BCUT2D eigenvalue weighted by Crippen LogP contribution is -2.44. The first-order valence-electron chi connectivity index (χ1n) is 7.22. The maximum atomic E-state index is 6.04. The second kappa shape index (κ2) is 6.98. The van der Waals surface area contributed by atoms with E-state index in [4.69, 9.17) is 10.5 Å². The van der Waals surface area contributed by atoms with Gasteiger partial charge in [-0.05, 0) is 13.0 Å². The van der Waals surface area contributed by atoms with Crippen molar-refractivity contribution in [2.75, 3.05) is 26.2 Å². The Morgan fingerprint density at radius 3 is 3.11 bits per heavy atom. The summed E-state index contributed by atoms with van der Waals surface area (Å²) in [6.07, 6.45) is 4.16. The van der Waals surface area contributed by atoms with Crippen LogP contribution in [0.2, 0.25) is 0 Å². The van der Waals surface area contributed by atoms with Gasteiger partial charge in [0.1, 0.15) is 0 Å². The fourth-order valence-corrected chi connectivity index (χ4v) is 2.42. The molecule has 0 bridgehead atoms. The summed E-state index contributed by atoms with van der Waals surface area (Å²) >= 11 is 0. The Labute approximate surface area is 114 Å². The Balaban J connectivity index is 1.88. The van der Waals surface area contributed by atoms with Crippen LogP contribution in [0.5, 0.6) is 0 Å². The molecular formula is C13H25N5O.